The van der Waals surface area contributed by atoms with Crippen molar-refractivity contribution in [2.24, 2.45) is 5.73 Å². The van der Waals surface area contributed by atoms with Gasteiger partial charge in [-0.25, -0.2) is 0 Å². The molecule has 3 N–H and O–H groups in total. The Kier molecular flexibility index (Phi) is 4.16. The molecule has 1 aliphatic rings. The average molecular weight is 327 g/mol. The van der Waals surface area contributed by atoms with E-state index >= 15 is 0 Å². The molecule has 1 heterocycles. The minimum atomic E-state index is -0.486. The highest BCUT2D eigenvalue weighted by molar-refractivity contribution is 9.10. The molecule has 1 aromatic rings. The molecule has 104 valence electrons. The number of nitrogens with one attached hydrogen (secondary N) is 1. The number of nitrogens with two attached hydrogens (primary N) is 1. The maximum atomic E-state index is 11.8. The summed E-state index contributed by atoms with van der Waals surface area (Å²) in [6, 6.07) is 4.05. The molecule has 1 amide bonds. The van der Waals surface area contributed by atoms with Crippen LogP contribution in [0.5, 0.6) is 5.75 Å². The van der Waals surface area contributed by atoms with Crippen LogP contribution in [0.3, 0.4) is 0 Å². The highest BCUT2D eigenvalue weighted by atomic mass is 79.9. The highest BCUT2D eigenvalue weighted by Gasteiger charge is 2.19. The fourth-order valence-electron chi connectivity index (χ4n) is 2.15. The van der Waals surface area contributed by atoms with Crippen LogP contribution in [-0.4, -0.2) is 18.1 Å². The summed E-state index contributed by atoms with van der Waals surface area (Å²) in [5.74, 6) is 0.870. The van der Waals surface area contributed by atoms with Crippen LogP contribution >= 0.6 is 15.9 Å². The van der Waals surface area contributed by atoms with Crippen molar-refractivity contribution in [1.29, 1.82) is 0 Å². The van der Waals surface area contributed by atoms with Gasteiger partial charge in [0, 0.05) is 35.0 Å². The largest absolute Gasteiger partial charge is 0.493 e. The first-order chi connectivity index (χ1) is 8.85. The predicted octanol–water partition coefficient (Wildman–Crippen LogP) is 2.13. The number of ether oxygens (including phenoxy) is 1. The van der Waals surface area contributed by atoms with Crippen LogP contribution in [-0.2, 0) is 17.8 Å². The van der Waals surface area contributed by atoms with Gasteiger partial charge in [-0.1, -0.05) is 15.9 Å². The Labute approximate surface area is 121 Å². The molecule has 0 atom stereocenters. The second-order valence-corrected chi connectivity index (χ2v) is 6.51. The fraction of sp³-hybridized carbons (Fsp3) is 0.500. The second-order valence-electron chi connectivity index (χ2n) is 5.59. The van der Waals surface area contributed by atoms with E-state index in [2.05, 4.69) is 27.3 Å². The number of carbonyl (C=O) groups excluding carboxylic acids is 1. The molecule has 19 heavy (non-hydrogen) atoms. The lowest BCUT2D eigenvalue weighted by molar-refractivity contribution is -0.122. The zero-order valence-corrected chi connectivity index (χ0v) is 12.8. The van der Waals surface area contributed by atoms with Gasteiger partial charge in [-0.05, 0) is 31.5 Å². The van der Waals surface area contributed by atoms with Gasteiger partial charge in [0.1, 0.15) is 5.75 Å². The summed E-state index contributed by atoms with van der Waals surface area (Å²) < 4.78 is 6.63. The van der Waals surface area contributed by atoms with E-state index in [0.29, 0.717) is 19.6 Å². The van der Waals surface area contributed by atoms with Crippen LogP contribution in [0, 0.1) is 0 Å². The fourth-order valence-corrected chi connectivity index (χ4v) is 2.70. The first-order valence-electron chi connectivity index (χ1n) is 6.35. The zero-order chi connectivity index (χ0) is 14.0. The molecule has 0 aliphatic carbocycles. The number of benzene rings is 1. The van der Waals surface area contributed by atoms with E-state index in [4.69, 9.17) is 10.5 Å². The Morgan fingerprint density at radius 1 is 1.53 bits per heavy atom. The Balaban J connectivity index is 2.02. The molecule has 0 saturated carbocycles. The molecule has 2 rings (SSSR count). The maximum absolute atomic E-state index is 11.8. The van der Waals surface area contributed by atoms with Gasteiger partial charge >= 0.3 is 0 Å². The van der Waals surface area contributed by atoms with E-state index in [1.54, 1.807) is 0 Å². The third-order valence-electron chi connectivity index (χ3n) is 2.92. The van der Waals surface area contributed by atoms with Crippen molar-refractivity contribution in [3.63, 3.8) is 0 Å². The summed E-state index contributed by atoms with van der Waals surface area (Å²) in [5, 5.41) is 2.89. The van der Waals surface area contributed by atoms with Gasteiger partial charge < -0.3 is 15.8 Å². The monoisotopic (exact) mass is 326 g/mol. The molecular weight excluding hydrogens is 308 g/mol. The van der Waals surface area contributed by atoms with E-state index in [1.165, 1.54) is 5.56 Å². The van der Waals surface area contributed by atoms with Crippen molar-refractivity contribution in [3.05, 3.63) is 27.7 Å². The van der Waals surface area contributed by atoms with Crippen LogP contribution < -0.4 is 15.8 Å². The predicted molar refractivity (Wildman–Crippen MR) is 78.1 cm³/mol. The molecular formula is C14H19BrN2O2. The van der Waals surface area contributed by atoms with Crippen molar-refractivity contribution in [3.8, 4) is 5.75 Å². The van der Waals surface area contributed by atoms with E-state index in [0.717, 1.165) is 22.2 Å². The molecule has 1 aliphatic heterocycles. The van der Waals surface area contributed by atoms with Gasteiger partial charge in [0.2, 0.25) is 5.91 Å². The van der Waals surface area contributed by atoms with Crippen molar-refractivity contribution in [1.82, 2.24) is 5.32 Å². The summed E-state index contributed by atoms with van der Waals surface area (Å²) >= 11 is 3.48. The standard InChI is InChI=1S/C14H19BrN2O2/c1-14(2,16)7-12(18)17-8-10-6-11(15)5-9-3-4-19-13(9)10/h5-6H,3-4,7-8,16H2,1-2H3,(H,17,18). The zero-order valence-electron chi connectivity index (χ0n) is 11.3. The molecule has 4 nitrogen and oxygen atoms in total. The van der Waals surface area contributed by atoms with Gasteiger partial charge in [0.25, 0.3) is 0 Å². The summed E-state index contributed by atoms with van der Waals surface area (Å²) in [6.07, 6.45) is 1.23. The number of hydrogen-bond acceptors (Lipinski definition) is 3. The third kappa shape index (κ3) is 3.94. The van der Waals surface area contributed by atoms with E-state index in [9.17, 15) is 4.79 Å². The van der Waals surface area contributed by atoms with Gasteiger partial charge in [0.05, 0.1) is 6.61 Å². The molecule has 0 unspecified atom stereocenters. The summed E-state index contributed by atoms with van der Waals surface area (Å²) in [4.78, 5) is 11.8. The minimum Gasteiger partial charge on any atom is -0.493 e. The van der Waals surface area contributed by atoms with Crippen molar-refractivity contribution >= 4 is 21.8 Å². The summed E-state index contributed by atoms with van der Waals surface area (Å²) in [7, 11) is 0. The number of carbonyl (C=O) groups is 1. The highest BCUT2D eigenvalue weighted by Crippen LogP contribution is 2.32. The van der Waals surface area contributed by atoms with Crippen molar-refractivity contribution in [2.45, 2.75) is 38.8 Å². The first kappa shape index (κ1) is 14.3. The topological polar surface area (TPSA) is 64.4 Å². The summed E-state index contributed by atoms with van der Waals surface area (Å²) in [6.45, 7) is 4.86. The van der Waals surface area contributed by atoms with Crippen LogP contribution in [0.1, 0.15) is 31.4 Å². The number of rotatable bonds is 4. The van der Waals surface area contributed by atoms with E-state index in [-0.39, 0.29) is 5.91 Å². The molecule has 0 fully saturated rings. The van der Waals surface area contributed by atoms with E-state index in [1.807, 2.05) is 19.9 Å². The van der Waals surface area contributed by atoms with Crippen LogP contribution in [0.2, 0.25) is 0 Å². The van der Waals surface area contributed by atoms with Crippen LogP contribution in [0.4, 0.5) is 0 Å². The molecule has 0 bridgehead atoms. The van der Waals surface area contributed by atoms with Gasteiger partial charge in [-0.2, -0.15) is 0 Å². The van der Waals surface area contributed by atoms with Gasteiger partial charge in [-0.3, -0.25) is 4.79 Å². The number of amides is 1. The number of hydrogen-bond donors (Lipinski definition) is 2. The van der Waals surface area contributed by atoms with Crippen molar-refractivity contribution < 1.29 is 9.53 Å². The average Bonchev–Trinajstić information content (AvgIpc) is 2.71. The molecule has 1 aromatic carbocycles. The molecule has 5 heteroatoms. The smallest absolute Gasteiger partial charge is 0.222 e. The SMILES string of the molecule is CC(C)(N)CC(=O)NCc1cc(Br)cc2c1OCC2. The Hall–Kier alpha value is -1.07. The van der Waals surface area contributed by atoms with Crippen molar-refractivity contribution in [2.75, 3.05) is 6.61 Å². The molecule has 0 saturated heterocycles. The molecule has 0 spiro atoms. The molecule has 0 aromatic heterocycles. The maximum Gasteiger partial charge on any atom is 0.222 e. The Bertz CT molecular complexity index is 495. The second kappa shape index (κ2) is 5.51. The molecule has 0 radical (unpaired) electrons. The third-order valence-corrected chi connectivity index (χ3v) is 3.38. The van der Waals surface area contributed by atoms with Crippen LogP contribution in [0.25, 0.3) is 0 Å². The lowest BCUT2D eigenvalue weighted by Crippen LogP contribution is -2.38. The van der Waals surface area contributed by atoms with Gasteiger partial charge in [-0.15, -0.1) is 0 Å². The lowest BCUT2D eigenvalue weighted by Gasteiger charge is -2.18. The van der Waals surface area contributed by atoms with Gasteiger partial charge in [0.15, 0.2) is 0 Å². The number of fused-ring (bicyclic) bond motifs is 1. The quantitative estimate of drug-likeness (QED) is 0.890. The normalized spacial score (nSPS) is 13.9. The summed E-state index contributed by atoms with van der Waals surface area (Å²) in [5.41, 5.74) is 7.54. The minimum absolute atomic E-state index is 0.0424. The Morgan fingerprint density at radius 2 is 2.26 bits per heavy atom. The number of halogens is 1. The van der Waals surface area contributed by atoms with Crippen LogP contribution in [0.15, 0.2) is 16.6 Å². The Morgan fingerprint density at radius 3 is 2.95 bits per heavy atom. The van der Waals surface area contributed by atoms with E-state index < -0.39 is 5.54 Å². The first-order valence-corrected chi connectivity index (χ1v) is 7.14. The lowest BCUT2D eigenvalue weighted by atomic mass is 10.0.